The molecule has 1 nitrogen and oxygen atoms in total. The molecule has 2 heterocycles. The predicted octanol–water partition coefficient (Wildman–Crippen LogP) is 13.6. The number of rotatable bonds is 3. The fourth-order valence-electron chi connectivity index (χ4n) is 11.4. The van der Waals surface area contributed by atoms with E-state index in [1.807, 2.05) is 22.7 Å². The van der Waals surface area contributed by atoms with Crippen LogP contribution in [0.4, 0.5) is 17.1 Å². The molecular weight excluding hydrogens is 631 g/mol. The van der Waals surface area contributed by atoms with Gasteiger partial charge in [0.15, 0.2) is 0 Å². The lowest BCUT2D eigenvalue weighted by atomic mass is 9.43. The lowest BCUT2D eigenvalue weighted by molar-refractivity contribution is -0.0399. The first-order valence-electron chi connectivity index (χ1n) is 18.1. The lowest BCUT2D eigenvalue weighted by Crippen LogP contribution is -2.55. The van der Waals surface area contributed by atoms with Crippen molar-refractivity contribution in [2.75, 3.05) is 4.90 Å². The van der Waals surface area contributed by atoms with E-state index < -0.39 is 0 Å². The minimum Gasteiger partial charge on any atom is -0.310 e. The molecule has 2 aromatic heterocycles. The molecule has 8 aromatic rings. The normalized spacial score (nSPS) is 24.8. The Balaban J connectivity index is 1.09. The van der Waals surface area contributed by atoms with Gasteiger partial charge in [-0.3, -0.25) is 0 Å². The van der Waals surface area contributed by atoms with Crippen LogP contribution in [0.1, 0.15) is 43.2 Å². The average Bonchev–Trinajstić information content (AvgIpc) is 3.79. The van der Waals surface area contributed by atoms with Crippen LogP contribution < -0.4 is 4.90 Å². The topological polar surface area (TPSA) is 3.24 Å². The van der Waals surface area contributed by atoms with E-state index in [0.29, 0.717) is 0 Å². The van der Waals surface area contributed by atoms with Crippen molar-refractivity contribution in [2.45, 2.75) is 37.5 Å². The van der Waals surface area contributed by atoms with Gasteiger partial charge in [-0.2, -0.15) is 0 Å². The van der Waals surface area contributed by atoms with Crippen LogP contribution in [0.15, 0.2) is 127 Å². The van der Waals surface area contributed by atoms with E-state index in [0.717, 1.165) is 23.7 Å². The van der Waals surface area contributed by atoms with Gasteiger partial charge >= 0.3 is 0 Å². The maximum Gasteiger partial charge on any atom is 0.0468 e. The molecule has 0 radical (unpaired) electrons. The highest BCUT2D eigenvalue weighted by atomic mass is 32.1. The summed E-state index contributed by atoms with van der Waals surface area (Å²) in [5.74, 6) is 3.45. The second kappa shape index (κ2) is 9.84. The van der Waals surface area contributed by atoms with Gasteiger partial charge in [-0.25, -0.2) is 0 Å². The summed E-state index contributed by atoms with van der Waals surface area (Å²) < 4.78 is 5.39. The molecule has 0 unspecified atom stereocenters. The first kappa shape index (κ1) is 27.4. The maximum atomic E-state index is 2.57. The molecule has 0 aliphatic heterocycles. The van der Waals surface area contributed by atoms with E-state index >= 15 is 0 Å². The van der Waals surface area contributed by atoms with Gasteiger partial charge in [0.05, 0.1) is 0 Å². The zero-order chi connectivity index (χ0) is 31.8. The molecular formula is C46H35NS2. The van der Waals surface area contributed by atoms with Crippen LogP contribution in [0.3, 0.4) is 0 Å². The number of thiophene rings is 2. The van der Waals surface area contributed by atoms with Crippen LogP contribution in [-0.2, 0) is 5.41 Å². The quantitative estimate of drug-likeness (QED) is 0.182. The summed E-state index contributed by atoms with van der Waals surface area (Å²) >= 11 is 3.79. The molecule has 3 heteroatoms. The molecule has 0 atom stereocenters. The number of anilines is 3. The predicted molar refractivity (Wildman–Crippen MR) is 210 cm³/mol. The Morgan fingerprint density at radius 3 is 1.55 bits per heavy atom. The number of benzene rings is 6. The van der Waals surface area contributed by atoms with E-state index in [9.17, 15) is 0 Å². The third-order valence-corrected chi connectivity index (χ3v) is 15.3. The number of fused-ring (bicyclic) bond motifs is 9. The van der Waals surface area contributed by atoms with Crippen molar-refractivity contribution in [3.63, 3.8) is 0 Å². The molecule has 0 N–H and O–H groups in total. The van der Waals surface area contributed by atoms with E-state index in [1.54, 1.807) is 11.1 Å². The van der Waals surface area contributed by atoms with Crippen LogP contribution in [0.5, 0.6) is 0 Å². The highest BCUT2D eigenvalue weighted by Gasteiger charge is 2.61. The Morgan fingerprint density at radius 1 is 0.429 bits per heavy atom. The summed E-state index contributed by atoms with van der Waals surface area (Å²) in [6.07, 6.45) is 7.14. The average molecular weight is 666 g/mol. The van der Waals surface area contributed by atoms with Crippen LogP contribution in [0.25, 0.3) is 51.5 Å². The van der Waals surface area contributed by atoms with Crippen molar-refractivity contribution < 1.29 is 0 Å². The highest BCUT2D eigenvalue weighted by molar-refractivity contribution is 7.26. The summed E-state index contributed by atoms with van der Waals surface area (Å²) in [4.78, 5) is 2.53. The third kappa shape index (κ3) is 3.65. The van der Waals surface area contributed by atoms with E-state index in [4.69, 9.17) is 0 Å². The van der Waals surface area contributed by atoms with Crippen molar-refractivity contribution >= 4 is 80.1 Å². The summed E-state index contributed by atoms with van der Waals surface area (Å²) in [7, 11) is 0. The van der Waals surface area contributed by atoms with Crippen molar-refractivity contribution in [1.29, 1.82) is 0 Å². The fourth-order valence-corrected chi connectivity index (χ4v) is 13.6. The van der Waals surface area contributed by atoms with Crippen LogP contribution in [0, 0.1) is 23.7 Å². The fraction of sp³-hybridized carbons (Fsp3) is 0.217. The summed E-state index contributed by atoms with van der Waals surface area (Å²) in [5, 5.41) is 5.36. The van der Waals surface area contributed by atoms with Crippen LogP contribution >= 0.6 is 22.7 Å². The number of hydrogen-bond donors (Lipinski definition) is 0. The van der Waals surface area contributed by atoms with Gasteiger partial charge in [0.25, 0.3) is 0 Å². The second-order valence-corrected chi connectivity index (χ2v) is 17.5. The molecule has 6 aromatic carbocycles. The number of hydrogen-bond acceptors (Lipinski definition) is 3. The first-order chi connectivity index (χ1) is 24.2. The van der Waals surface area contributed by atoms with Gasteiger partial charge < -0.3 is 4.90 Å². The van der Waals surface area contributed by atoms with E-state index in [2.05, 4.69) is 132 Å². The second-order valence-electron chi connectivity index (χ2n) is 15.3. The lowest BCUT2D eigenvalue weighted by Gasteiger charge is -2.61. The smallest absolute Gasteiger partial charge is 0.0468 e. The monoisotopic (exact) mass is 665 g/mol. The molecule has 49 heavy (non-hydrogen) atoms. The summed E-state index contributed by atoms with van der Waals surface area (Å²) in [5.41, 5.74) is 10.0. The van der Waals surface area contributed by atoms with Gasteiger partial charge in [0.1, 0.15) is 0 Å². The van der Waals surface area contributed by atoms with Crippen LogP contribution in [-0.4, -0.2) is 0 Å². The molecule has 13 rings (SSSR count). The molecule has 0 saturated heterocycles. The largest absolute Gasteiger partial charge is 0.310 e. The van der Waals surface area contributed by atoms with Crippen molar-refractivity contribution in [3.8, 4) is 11.1 Å². The van der Waals surface area contributed by atoms with Crippen molar-refractivity contribution in [2.24, 2.45) is 23.7 Å². The Labute approximate surface area is 294 Å². The molecule has 4 bridgehead atoms. The molecule has 5 aliphatic carbocycles. The molecule has 4 fully saturated rings. The Bertz CT molecular complexity index is 2510. The Hall–Kier alpha value is -4.44. The van der Waals surface area contributed by atoms with Gasteiger partial charge in [-0.05, 0) is 139 Å². The zero-order valence-corrected chi connectivity index (χ0v) is 28.9. The minimum atomic E-state index is 0.186. The van der Waals surface area contributed by atoms with Crippen molar-refractivity contribution in [3.05, 3.63) is 139 Å². The van der Waals surface area contributed by atoms with Gasteiger partial charge in [-0.1, -0.05) is 66.7 Å². The zero-order valence-electron chi connectivity index (χ0n) is 27.2. The van der Waals surface area contributed by atoms with E-state index in [-0.39, 0.29) is 5.41 Å². The molecule has 4 saturated carbocycles. The number of nitrogens with zero attached hydrogens (tertiary/aromatic N) is 1. The molecule has 1 spiro atoms. The minimum absolute atomic E-state index is 0.186. The molecule has 236 valence electrons. The summed E-state index contributed by atoms with van der Waals surface area (Å²) in [6.45, 7) is 0. The summed E-state index contributed by atoms with van der Waals surface area (Å²) in [6, 6.07) is 49.1. The third-order valence-electron chi connectivity index (χ3n) is 13.0. The Kier molecular flexibility index (Phi) is 5.50. The van der Waals surface area contributed by atoms with Gasteiger partial charge in [-0.15, -0.1) is 22.7 Å². The van der Waals surface area contributed by atoms with Gasteiger partial charge in [0.2, 0.25) is 0 Å². The molecule has 0 amide bonds. The maximum absolute atomic E-state index is 2.57. The van der Waals surface area contributed by atoms with Crippen molar-refractivity contribution in [1.82, 2.24) is 0 Å². The highest BCUT2D eigenvalue weighted by Crippen LogP contribution is 2.69. The molecule has 5 aliphatic rings. The first-order valence-corrected chi connectivity index (χ1v) is 19.7. The van der Waals surface area contributed by atoms with Crippen LogP contribution in [0.2, 0.25) is 0 Å². The SMILES string of the molecule is c1ccc2c(c1)-c1cc(N(c3ccc4sc5ccccc5c4c3)c3ccc4sc5ccccc5c4c3)ccc1C21C2CC3CC(C2)CC1C3. The standard InChI is InChI=1S/C46H35NS2/c1-4-10-40-34(7-1)37-24-31(13-16-41(37)46(40)29-20-27-19-28(22-29)23-30(46)21-27)47(32-14-17-44-38(25-32)35-8-2-5-11-42(35)48-44)33-15-18-45-39(26-33)36-9-3-6-12-43(36)49-45/h1-18,24-30H,19-23H2. The Morgan fingerprint density at radius 2 is 0.918 bits per heavy atom. The van der Waals surface area contributed by atoms with E-state index in [1.165, 1.54) is 101 Å². The van der Waals surface area contributed by atoms with Gasteiger partial charge in [0, 0.05) is 62.8 Å².